The van der Waals surface area contributed by atoms with Crippen LogP contribution < -0.4 is 5.11 Å². The van der Waals surface area contributed by atoms with E-state index in [9.17, 15) is 9.90 Å². The van der Waals surface area contributed by atoms with Crippen molar-refractivity contribution >= 4 is 5.97 Å². The number of carboxylic acids is 1. The maximum absolute atomic E-state index is 9.34. The molecule has 1 N–H and O–H groups in total. The molecule has 0 amide bonds. The summed E-state index contributed by atoms with van der Waals surface area (Å²) in [6, 6.07) is 10.6. The standard InChI is InChI=1S/C10H16N.C3H6O3/c1-11(2,3)9-10-7-5-4-6-8-10;1-2(4)3(5)6/h4-8H,9H2,1-3H3;2,4H,1H3,(H,5,6)/q+1;/p-1. The van der Waals surface area contributed by atoms with Crippen LogP contribution in [0.2, 0.25) is 0 Å². The van der Waals surface area contributed by atoms with Crippen LogP contribution >= 0.6 is 0 Å². The van der Waals surface area contributed by atoms with Gasteiger partial charge in [-0.2, -0.15) is 0 Å². The molecule has 1 aromatic rings. The lowest BCUT2D eigenvalue weighted by molar-refractivity contribution is -0.884. The lowest BCUT2D eigenvalue weighted by Crippen LogP contribution is -2.33. The topological polar surface area (TPSA) is 60.4 Å². The Morgan fingerprint density at radius 3 is 2.00 bits per heavy atom. The van der Waals surface area contributed by atoms with Gasteiger partial charge in [0, 0.05) is 5.56 Å². The molecule has 1 atom stereocenters. The number of aliphatic carboxylic acids is 1. The zero-order valence-electron chi connectivity index (χ0n) is 10.9. The highest BCUT2D eigenvalue weighted by Crippen LogP contribution is 2.05. The first-order valence-corrected chi connectivity index (χ1v) is 5.45. The third-order valence-electron chi connectivity index (χ3n) is 1.84. The predicted octanol–water partition coefficient (Wildman–Crippen LogP) is 0.00990. The van der Waals surface area contributed by atoms with Crippen LogP contribution in [0.4, 0.5) is 0 Å². The Kier molecular flexibility index (Phi) is 6.46. The smallest absolute Gasteiger partial charge is 0.104 e. The van der Waals surface area contributed by atoms with Crippen LogP contribution in [0.25, 0.3) is 0 Å². The molecule has 1 unspecified atom stereocenters. The normalized spacial score (nSPS) is 12.3. The van der Waals surface area contributed by atoms with Crippen molar-refractivity contribution in [2.75, 3.05) is 21.1 Å². The number of aliphatic hydroxyl groups excluding tert-OH is 1. The van der Waals surface area contributed by atoms with Crippen molar-refractivity contribution in [2.24, 2.45) is 0 Å². The Bertz CT molecular complexity index is 328. The number of hydrogen-bond acceptors (Lipinski definition) is 3. The number of hydrogen-bond donors (Lipinski definition) is 1. The van der Waals surface area contributed by atoms with Crippen molar-refractivity contribution in [3.8, 4) is 0 Å². The number of aliphatic hydroxyl groups is 1. The second kappa shape index (κ2) is 7.04. The number of nitrogens with zero attached hydrogens (tertiary/aromatic N) is 1. The molecule has 0 aliphatic rings. The highest BCUT2D eigenvalue weighted by molar-refractivity contribution is 5.68. The summed E-state index contributed by atoms with van der Waals surface area (Å²) in [6.45, 7) is 2.23. The Balaban J connectivity index is 0.000000366. The van der Waals surface area contributed by atoms with Gasteiger partial charge in [-0.3, -0.25) is 0 Å². The van der Waals surface area contributed by atoms with Crippen molar-refractivity contribution in [2.45, 2.75) is 19.6 Å². The Hall–Kier alpha value is -1.39. The average molecular weight is 239 g/mol. The van der Waals surface area contributed by atoms with E-state index in [-0.39, 0.29) is 0 Å². The number of quaternary nitrogens is 1. The van der Waals surface area contributed by atoms with E-state index in [1.54, 1.807) is 0 Å². The zero-order chi connectivity index (χ0) is 13.5. The van der Waals surface area contributed by atoms with Crippen molar-refractivity contribution in [1.82, 2.24) is 0 Å². The molecule has 0 heterocycles. The van der Waals surface area contributed by atoms with Crippen molar-refractivity contribution in [1.29, 1.82) is 0 Å². The van der Waals surface area contributed by atoms with Crippen LogP contribution in [0, 0.1) is 0 Å². The van der Waals surface area contributed by atoms with Crippen LogP contribution in [-0.2, 0) is 11.3 Å². The molecule has 1 rings (SSSR count). The van der Waals surface area contributed by atoms with E-state index >= 15 is 0 Å². The van der Waals surface area contributed by atoms with Crippen LogP contribution in [0.1, 0.15) is 12.5 Å². The fraction of sp³-hybridized carbons (Fsp3) is 0.462. The van der Waals surface area contributed by atoms with Gasteiger partial charge in [-0.15, -0.1) is 0 Å². The molecule has 4 heteroatoms. The van der Waals surface area contributed by atoms with Crippen LogP contribution in [-0.4, -0.2) is 42.8 Å². The molecule has 0 saturated carbocycles. The van der Waals surface area contributed by atoms with Gasteiger partial charge >= 0.3 is 0 Å². The van der Waals surface area contributed by atoms with Gasteiger partial charge in [0.1, 0.15) is 6.54 Å². The maximum Gasteiger partial charge on any atom is 0.104 e. The van der Waals surface area contributed by atoms with Gasteiger partial charge in [0.25, 0.3) is 0 Å². The van der Waals surface area contributed by atoms with Crippen LogP contribution in [0.15, 0.2) is 30.3 Å². The first kappa shape index (κ1) is 15.6. The minimum Gasteiger partial charge on any atom is -0.547 e. The second-order valence-corrected chi connectivity index (χ2v) is 4.93. The number of carbonyl (C=O) groups excluding carboxylic acids is 1. The summed E-state index contributed by atoms with van der Waals surface area (Å²) in [4.78, 5) is 9.34. The van der Waals surface area contributed by atoms with Crippen molar-refractivity contribution < 1.29 is 19.5 Å². The molecule has 0 fully saturated rings. The monoisotopic (exact) mass is 239 g/mol. The number of carboxylic acid groups (broad SMARTS) is 1. The molecule has 17 heavy (non-hydrogen) atoms. The molecule has 0 radical (unpaired) electrons. The predicted molar refractivity (Wildman–Crippen MR) is 64.9 cm³/mol. The molecule has 0 aliphatic heterocycles. The molecule has 1 aromatic carbocycles. The number of benzene rings is 1. The van der Waals surface area contributed by atoms with Gasteiger partial charge in [0.2, 0.25) is 0 Å². The van der Waals surface area contributed by atoms with Gasteiger partial charge < -0.3 is 19.5 Å². The third kappa shape index (κ3) is 9.53. The third-order valence-corrected chi connectivity index (χ3v) is 1.84. The van der Waals surface area contributed by atoms with Crippen molar-refractivity contribution in [3.63, 3.8) is 0 Å². The number of carbonyl (C=O) groups is 1. The lowest BCUT2D eigenvalue weighted by Gasteiger charge is -2.23. The Labute approximate surface area is 103 Å². The molecular weight excluding hydrogens is 218 g/mol. The van der Waals surface area contributed by atoms with E-state index in [0.29, 0.717) is 0 Å². The largest absolute Gasteiger partial charge is 0.547 e. The summed E-state index contributed by atoms with van der Waals surface area (Å²) < 4.78 is 0.990. The van der Waals surface area contributed by atoms with E-state index in [1.807, 2.05) is 0 Å². The fourth-order valence-electron chi connectivity index (χ4n) is 1.13. The van der Waals surface area contributed by atoms with Gasteiger partial charge in [-0.05, 0) is 6.92 Å². The number of rotatable bonds is 3. The van der Waals surface area contributed by atoms with Gasteiger partial charge in [-0.1, -0.05) is 30.3 Å². The van der Waals surface area contributed by atoms with E-state index in [0.717, 1.165) is 18.0 Å². The van der Waals surface area contributed by atoms with E-state index in [1.165, 1.54) is 5.56 Å². The summed E-state index contributed by atoms with van der Waals surface area (Å²) >= 11 is 0. The average Bonchev–Trinajstić information content (AvgIpc) is 2.17. The molecule has 0 aliphatic carbocycles. The molecule has 0 spiro atoms. The highest BCUT2D eigenvalue weighted by atomic mass is 16.4. The summed E-state index contributed by atoms with van der Waals surface area (Å²) in [5.74, 6) is -1.44. The minimum atomic E-state index is -1.44. The minimum absolute atomic E-state index is 0.990. The first-order chi connectivity index (χ1) is 7.72. The van der Waals surface area contributed by atoms with E-state index < -0.39 is 12.1 Å². The van der Waals surface area contributed by atoms with Crippen molar-refractivity contribution in [3.05, 3.63) is 35.9 Å². The van der Waals surface area contributed by atoms with Gasteiger partial charge in [0.15, 0.2) is 0 Å². The Morgan fingerprint density at radius 1 is 1.29 bits per heavy atom. The zero-order valence-corrected chi connectivity index (χ0v) is 10.9. The lowest BCUT2D eigenvalue weighted by atomic mass is 10.2. The summed E-state index contributed by atoms with van der Waals surface area (Å²) in [6.07, 6.45) is -1.34. The summed E-state index contributed by atoms with van der Waals surface area (Å²) in [5, 5.41) is 17.3. The van der Waals surface area contributed by atoms with E-state index in [2.05, 4.69) is 51.5 Å². The summed E-state index contributed by atoms with van der Waals surface area (Å²) in [5.41, 5.74) is 1.40. The Morgan fingerprint density at radius 2 is 1.71 bits per heavy atom. The molecule has 0 aromatic heterocycles. The fourth-order valence-corrected chi connectivity index (χ4v) is 1.13. The molecule has 0 bridgehead atoms. The van der Waals surface area contributed by atoms with Crippen LogP contribution in [0.3, 0.4) is 0 Å². The molecule has 0 saturated heterocycles. The SMILES string of the molecule is CC(O)C(=O)[O-].C[N+](C)(C)Cc1ccccc1. The highest BCUT2D eigenvalue weighted by Gasteiger charge is 2.06. The van der Waals surface area contributed by atoms with Crippen LogP contribution in [0.5, 0.6) is 0 Å². The second-order valence-electron chi connectivity index (χ2n) is 4.93. The maximum atomic E-state index is 9.34. The first-order valence-electron chi connectivity index (χ1n) is 5.45. The molecular formula is C13H21NO3. The van der Waals surface area contributed by atoms with Gasteiger partial charge in [0.05, 0.1) is 33.2 Å². The molecule has 96 valence electrons. The quantitative estimate of drug-likeness (QED) is 0.756. The van der Waals surface area contributed by atoms with Gasteiger partial charge in [-0.25, -0.2) is 0 Å². The van der Waals surface area contributed by atoms with E-state index in [4.69, 9.17) is 5.11 Å². The molecule has 4 nitrogen and oxygen atoms in total. The summed E-state index contributed by atoms with van der Waals surface area (Å²) in [7, 11) is 6.60.